The standard InChI is InChI=1S/C25H24N4O3/c1-18-3-8-20(9-4-18)24(30)28-13-15-29(16-14-28)25-22(17-26)27-23(32-25)12-7-19-5-10-21(31-2)11-6-19/h3-12H,13-16H2,1-2H3. The molecule has 0 bridgehead atoms. The molecule has 162 valence electrons. The second kappa shape index (κ2) is 9.40. The van der Waals surface area contributed by atoms with Gasteiger partial charge in [0.05, 0.1) is 7.11 Å². The Morgan fingerprint density at radius 3 is 2.38 bits per heavy atom. The van der Waals surface area contributed by atoms with Gasteiger partial charge >= 0.3 is 0 Å². The molecule has 1 amide bonds. The fourth-order valence-electron chi connectivity index (χ4n) is 3.56. The second-order valence-corrected chi connectivity index (χ2v) is 7.57. The third-order valence-electron chi connectivity index (χ3n) is 5.42. The first-order valence-electron chi connectivity index (χ1n) is 10.4. The average molecular weight is 428 g/mol. The summed E-state index contributed by atoms with van der Waals surface area (Å²) in [5.41, 5.74) is 3.02. The number of carbonyl (C=O) groups excluding carboxylic acids is 1. The van der Waals surface area contributed by atoms with E-state index in [2.05, 4.69) is 11.1 Å². The van der Waals surface area contributed by atoms with Gasteiger partial charge < -0.3 is 19.0 Å². The molecular formula is C25H24N4O3. The fourth-order valence-corrected chi connectivity index (χ4v) is 3.56. The van der Waals surface area contributed by atoms with E-state index < -0.39 is 0 Å². The average Bonchev–Trinajstić information content (AvgIpc) is 3.26. The Morgan fingerprint density at radius 1 is 1.06 bits per heavy atom. The number of ether oxygens (including phenoxy) is 1. The minimum atomic E-state index is 0.0193. The van der Waals surface area contributed by atoms with Gasteiger partial charge in [-0.05, 0) is 42.8 Å². The lowest BCUT2D eigenvalue weighted by molar-refractivity contribution is 0.0745. The quantitative estimate of drug-likeness (QED) is 0.611. The maximum Gasteiger partial charge on any atom is 0.253 e. The molecule has 7 nitrogen and oxygen atoms in total. The molecule has 1 aromatic heterocycles. The van der Waals surface area contributed by atoms with E-state index in [1.807, 2.05) is 71.3 Å². The number of aromatic nitrogens is 1. The van der Waals surface area contributed by atoms with Crippen molar-refractivity contribution in [2.24, 2.45) is 0 Å². The van der Waals surface area contributed by atoms with Crippen molar-refractivity contribution >= 4 is 23.9 Å². The van der Waals surface area contributed by atoms with E-state index in [0.717, 1.165) is 16.9 Å². The summed E-state index contributed by atoms with van der Waals surface area (Å²) in [6.07, 6.45) is 3.61. The molecule has 0 atom stereocenters. The third kappa shape index (κ3) is 4.65. The predicted octanol–water partition coefficient (Wildman–Crippen LogP) is 4.00. The Hall–Kier alpha value is -4.05. The van der Waals surface area contributed by atoms with Crippen molar-refractivity contribution in [2.75, 3.05) is 38.2 Å². The van der Waals surface area contributed by atoms with Gasteiger partial charge in [-0.2, -0.15) is 10.2 Å². The van der Waals surface area contributed by atoms with Crippen molar-refractivity contribution in [2.45, 2.75) is 6.92 Å². The number of amides is 1. The first-order chi connectivity index (χ1) is 15.6. The minimum Gasteiger partial charge on any atom is -0.497 e. The topological polar surface area (TPSA) is 82.6 Å². The lowest BCUT2D eigenvalue weighted by Crippen LogP contribution is -2.48. The highest BCUT2D eigenvalue weighted by molar-refractivity contribution is 5.94. The molecule has 2 heterocycles. The van der Waals surface area contributed by atoms with Gasteiger partial charge in [-0.1, -0.05) is 29.8 Å². The van der Waals surface area contributed by atoms with Crippen LogP contribution in [0, 0.1) is 18.3 Å². The third-order valence-corrected chi connectivity index (χ3v) is 5.42. The van der Waals surface area contributed by atoms with Crippen LogP contribution in [0.25, 0.3) is 12.2 Å². The molecule has 2 aromatic carbocycles. The van der Waals surface area contributed by atoms with Gasteiger partial charge in [0.25, 0.3) is 5.91 Å². The Bertz CT molecular complexity index is 1150. The zero-order valence-corrected chi connectivity index (χ0v) is 18.1. The number of nitrogens with zero attached hydrogens (tertiary/aromatic N) is 4. The maximum absolute atomic E-state index is 12.7. The number of rotatable bonds is 5. The normalized spacial score (nSPS) is 13.9. The fraction of sp³-hybridized carbons (Fsp3) is 0.240. The van der Waals surface area contributed by atoms with Crippen LogP contribution in [0.5, 0.6) is 5.75 Å². The monoisotopic (exact) mass is 428 g/mol. The zero-order valence-electron chi connectivity index (χ0n) is 18.1. The summed E-state index contributed by atoms with van der Waals surface area (Å²) in [6.45, 7) is 4.24. The smallest absolute Gasteiger partial charge is 0.253 e. The number of oxazole rings is 1. The molecular weight excluding hydrogens is 404 g/mol. The van der Waals surface area contributed by atoms with Gasteiger partial charge in [0.2, 0.25) is 17.5 Å². The van der Waals surface area contributed by atoms with Gasteiger partial charge in [0, 0.05) is 37.8 Å². The van der Waals surface area contributed by atoms with Crippen LogP contribution in [0.3, 0.4) is 0 Å². The SMILES string of the molecule is COc1ccc(C=Cc2nc(C#N)c(N3CCN(C(=O)c4ccc(C)cc4)CC3)o2)cc1. The van der Waals surface area contributed by atoms with Gasteiger partial charge in [-0.25, -0.2) is 0 Å². The number of piperazine rings is 1. The molecule has 1 aliphatic heterocycles. The molecule has 0 radical (unpaired) electrons. The summed E-state index contributed by atoms with van der Waals surface area (Å²) < 4.78 is 11.0. The number of hydrogen-bond acceptors (Lipinski definition) is 6. The van der Waals surface area contributed by atoms with Crippen LogP contribution in [0.1, 0.15) is 33.1 Å². The number of hydrogen-bond donors (Lipinski definition) is 0. The number of aryl methyl sites for hydroxylation is 1. The highest BCUT2D eigenvalue weighted by Gasteiger charge is 2.26. The van der Waals surface area contributed by atoms with Crippen molar-refractivity contribution < 1.29 is 13.9 Å². The lowest BCUT2D eigenvalue weighted by atomic mass is 10.1. The molecule has 3 aromatic rings. The van der Waals surface area contributed by atoms with Crippen molar-refractivity contribution in [3.05, 3.63) is 76.8 Å². The summed E-state index contributed by atoms with van der Waals surface area (Å²) in [4.78, 5) is 20.8. The molecule has 1 aliphatic rings. The van der Waals surface area contributed by atoms with Gasteiger partial charge in [-0.3, -0.25) is 4.79 Å². The molecule has 0 saturated carbocycles. The minimum absolute atomic E-state index is 0.0193. The summed E-state index contributed by atoms with van der Waals surface area (Å²) >= 11 is 0. The molecule has 0 N–H and O–H groups in total. The number of anilines is 1. The summed E-state index contributed by atoms with van der Waals surface area (Å²) in [6, 6.07) is 17.3. The molecule has 0 spiro atoms. The van der Waals surface area contributed by atoms with Gasteiger partial charge in [0.1, 0.15) is 11.8 Å². The molecule has 0 unspecified atom stereocenters. The van der Waals surface area contributed by atoms with E-state index in [1.165, 1.54) is 0 Å². The number of benzene rings is 2. The van der Waals surface area contributed by atoms with Crippen LogP contribution in [0.4, 0.5) is 5.88 Å². The molecule has 1 saturated heterocycles. The van der Waals surface area contributed by atoms with Crippen LogP contribution < -0.4 is 9.64 Å². The molecule has 0 aliphatic carbocycles. The van der Waals surface area contributed by atoms with Crippen molar-refractivity contribution in [1.82, 2.24) is 9.88 Å². The molecule has 1 fully saturated rings. The first kappa shape index (κ1) is 21.2. The predicted molar refractivity (Wildman–Crippen MR) is 122 cm³/mol. The van der Waals surface area contributed by atoms with Crippen molar-refractivity contribution in [3.63, 3.8) is 0 Å². The number of nitriles is 1. The summed E-state index contributed by atoms with van der Waals surface area (Å²) in [5.74, 6) is 1.62. The summed E-state index contributed by atoms with van der Waals surface area (Å²) in [7, 11) is 1.63. The van der Waals surface area contributed by atoms with Crippen LogP contribution in [0.2, 0.25) is 0 Å². The largest absolute Gasteiger partial charge is 0.497 e. The van der Waals surface area contributed by atoms with Gasteiger partial charge in [0.15, 0.2) is 0 Å². The highest BCUT2D eigenvalue weighted by Crippen LogP contribution is 2.25. The van der Waals surface area contributed by atoms with E-state index in [1.54, 1.807) is 13.2 Å². The first-order valence-corrected chi connectivity index (χ1v) is 10.4. The Morgan fingerprint density at radius 2 is 1.75 bits per heavy atom. The Kier molecular flexibility index (Phi) is 6.22. The van der Waals surface area contributed by atoms with Crippen LogP contribution in [0.15, 0.2) is 52.9 Å². The van der Waals surface area contributed by atoms with Gasteiger partial charge in [-0.15, -0.1) is 0 Å². The van der Waals surface area contributed by atoms with Crippen molar-refractivity contribution in [1.29, 1.82) is 5.26 Å². The molecule has 32 heavy (non-hydrogen) atoms. The number of methoxy groups -OCH3 is 1. The highest BCUT2D eigenvalue weighted by atomic mass is 16.5. The maximum atomic E-state index is 12.7. The van der Waals surface area contributed by atoms with E-state index in [9.17, 15) is 10.1 Å². The Balaban J connectivity index is 1.42. The van der Waals surface area contributed by atoms with Crippen LogP contribution in [-0.4, -0.2) is 49.1 Å². The van der Waals surface area contributed by atoms with E-state index in [4.69, 9.17) is 9.15 Å². The zero-order chi connectivity index (χ0) is 22.5. The van der Waals surface area contributed by atoms with E-state index in [0.29, 0.717) is 43.5 Å². The molecule has 7 heteroatoms. The van der Waals surface area contributed by atoms with Crippen molar-refractivity contribution in [3.8, 4) is 11.8 Å². The van der Waals surface area contributed by atoms with Crippen LogP contribution >= 0.6 is 0 Å². The lowest BCUT2D eigenvalue weighted by Gasteiger charge is -2.34. The van der Waals surface area contributed by atoms with Crippen LogP contribution in [-0.2, 0) is 0 Å². The second-order valence-electron chi connectivity index (χ2n) is 7.57. The summed E-state index contributed by atoms with van der Waals surface area (Å²) in [5, 5.41) is 9.51. The van der Waals surface area contributed by atoms with E-state index >= 15 is 0 Å². The molecule has 4 rings (SSSR count). The number of carbonyl (C=O) groups is 1. The van der Waals surface area contributed by atoms with E-state index in [-0.39, 0.29) is 11.6 Å². The Labute approximate surface area is 187 Å².